The van der Waals surface area contributed by atoms with Crippen molar-refractivity contribution in [1.29, 1.82) is 5.26 Å². The summed E-state index contributed by atoms with van der Waals surface area (Å²) >= 11 is 0.677. The fraction of sp³-hybridized carbons (Fsp3) is 0.471. The first kappa shape index (κ1) is 33.6. The number of benzene rings is 2. The van der Waals surface area contributed by atoms with Crippen molar-refractivity contribution in [2.45, 2.75) is 62.6 Å². The second-order valence-electron chi connectivity index (χ2n) is 13.5. The third kappa shape index (κ3) is 5.28. The van der Waals surface area contributed by atoms with Gasteiger partial charge in [-0.25, -0.2) is 18.0 Å². The molecule has 4 aromatic rings. The summed E-state index contributed by atoms with van der Waals surface area (Å²) in [6.07, 6.45) is -4.55. The number of anilines is 2. The number of hydrogen-bond donors (Lipinski definition) is 1. The van der Waals surface area contributed by atoms with Crippen LogP contribution in [0.1, 0.15) is 43.7 Å². The van der Waals surface area contributed by atoms with Crippen molar-refractivity contribution < 1.29 is 40.6 Å². The molecule has 4 fully saturated rings. The third-order valence-corrected chi connectivity index (χ3v) is 11.7. The summed E-state index contributed by atoms with van der Waals surface area (Å²) in [6.45, 7) is 3.26. The van der Waals surface area contributed by atoms with E-state index >= 15 is 17.6 Å². The number of nitrogens with zero attached hydrogens (tertiary/aromatic N) is 6. The van der Waals surface area contributed by atoms with Gasteiger partial charge in [0.2, 0.25) is 0 Å². The topological polar surface area (TPSA) is 121 Å². The molecular formula is C34H31F6N7O3S. The molecule has 2 aromatic carbocycles. The van der Waals surface area contributed by atoms with Crippen LogP contribution in [0.4, 0.5) is 42.0 Å². The number of nitriles is 1. The molecule has 6 heterocycles. The van der Waals surface area contributed by atoms with Gasteiger partial charge in [-0.15, -0.1) is 11.3 Å². The molecule has 0 aliphatic carbocycles. The summed E-state index contributed by atoms with van der Waals surface area (Å²) in [5.41, 5.74) is 1.86. The number of nitrogens with two attached hydrogens (primary N) is 1. The van der Waals surface area contributed by atoms with Gasteiger partial charge < -0.3 is 20.1 Å². The van der Waals surface area contributed by atoms with Gasteiger partial charge in [0.15, 0.2) is 5.82 Å². The van der Waals surface area contributed by atoms with Crippen LogP contribution in [0, 0.1) is 23.0 Å². The number of likely N-dealkylation sites (N-methyl/N-ethyl adjacent to an activating group) is 1. The van der Waals surface area contributed by atoms with Gasteiger partial charge in [-0.2, -0.15) is 28.4 Å². The Bertz CT molecular complexity index is 2140. The smallest absolute Gasteiger partial charge is 0.417 e. The molecule has 4 saturated heterocycles. The first-order chi connectivity index (χ1) is 24.3. The lowest BCUT2D eigenvalue weighted by molar-refractivity contribution is -0.137. The number of nitrogen functional groups attached to an aromatic ring is 1. The summed E-state index contributed by atoms with van der Waals surface area (Å²) in [7, 11) is 0. The highest BCUT2D eigenvalue weighted by Crippen LogP contribution is 2.48. The first-order valence-electron chi connectivity index (χ1n) is 16.6. The molecule has 0 bridgehead atoms. The predicted octanol–water partition coefficient (Wildman–Crippen LogP) is 6.64. The third-order valence-electron chi connectivity index (χ3n) is 10.7. The molecule has 0 radical (unpaired) electrons. The fourth-order valence-corrected chi connectivity index (χ4v) is 9.40. The van der Waals surface area contributed by atoms with Crippen LogP contribution in [0.25, 0.3) is 32.1 Å². The van der Waals surface area contributed by atoms with Crippen LogP contribution in [0.2, 0.25) is 0 Å². The molecule has 17 heteroatoms. The Kier molecular flexibility index (Phi) is 7.91. The Hall–Kier alpha value is -4.56. The van der Waals surface area contributed by atoms with Gasteiger partial charge in [-0.3, -0.25) is 9.80 Å². The average Bonchev–Trinajstić information content (AvgIpc) is 3.89. The van der Waals surface area contributed by atoms with Crippen molar-refractivity contribution in [1.82, 2.24) is 19.8 Å². The highest BCUT2D eigenvalue weighted by Gasteiger charge is 2.50. The monoisotopic (exact) mass is 731 g/mol. The molecule has 1 amide bonds. The summed E-state index contributed by atoms with van der Waals surface area (Å²) in [4.78, 5) is 26.5. The molecule has 0 saturated carbocycles. The predicted molar refractivity (Wildman–Crippen MR) is 176 cm³/mol. The number of halogens is 6. The van der Waals surface area contributed by atoms with Crippen LogP contribution < -0.4 is 15.4 Å². The van der Waals surface area contributed by atoms with Crippen LogP contribution in [-0.4, -0.2) is 89.0 Å². The lowest BCUT2D eigenvalue weighted by Gasteiger charge is -2.32. The number of carbonyl (C=O) groups is 1. The normalized spacial score (nSPS) is 24.7. The number of rotatable bonds is 7. The molecule has 4 atom stereocenters. The molecule has 268 valence electrons. The SMILES string of the molecule is CCN(c1nc(OC[C@@]23CCCN2C[C@H](F)C3)nc2c(F)c(-c3ccc(F)c4sc(N)c(C#N)c34)c(C(F)(F)F)cc12)[C@H]1C[C@H]2COC(=O)N2C1. The molecule has 0 unspecified atom stereocenters. The maximum absolute atomic E-state index is 17.2. The molecule has 4 aliphatic rings. The average molecular weight is 732 g/mol. The van der Waals surface area contributed by atoms with Gasteiger partial charge in [0.25, 0.3) is 0 Å². The number of cyclic esters (lactones) is 1. The van der Waals surface area contributed by atoms with E-state index in [9.17, 15) is 18.8 Å². The van der Waals surface area contributed by atoms with Gasteiger partial charge in [0, 0.05) is 42.4 Å². The summed E-state index contributed by atoms with van der Waals surface area (Å²) < 4.78 is 103. The molecule has 10 nitrogen and oxygen atoms in total. The maximum Gasteiger partial charge on any atom is 0.417 e. The molecule has 2 N–H and O–H groups in total. The summed E-state index contributed by atoms with van der Waals surface area (Å²) in [6, 6.07) is 3.51. The van der Waals surface area contributed by atoms with Gasteiger partial charge >= 0.3 is 18.3 Å². The van der Waals surface area contributed by atoms with Crippen LogP contribution >= 0.6 is 11.3 Å². The zero-order chi connectivity index (χ0) is 36.0. The molecule has 0 spiro atoms. The highest BCUT2D eigenvalue weighted by atomic mass is 32.1. The minimum absolute atomic E-state index is 0.0248. The van der Waals surface area contributed by atoms with Crippen molar-refractivity contribution in [2.24, 2.45) is 0 Å². The second-order valence-corrected chi connectivity index (χ2v) is 14.6. The van der Waals surface area contributed by atoms with Crippen molar-refractivity contribution >= 4 is 49.2 Å². The van der Waals surface area contributed by atoms with Crippen molar-refractivity contribution in [2.75, 3.05) is 50.0 Å². The van der Waals surface area contributed by atoms with Crippen LogP contribution in [0.5, 0.6) is 6.01 Å². The first-order valence-corrected chi connectivity index (χ1v) is 17.4. The molecular weight excluding hydrogens is 700 g/mol. The highest BCUT2D eigenvalue weighted by molar-refractivity contribution is 7.23. The van der Waals surface area contributed by atoms with E-state index in [1.165, 1.54) is 0 Å². The Balaban J connectivity index is 1.34. The number of carbonyl (C=O) groups excluding carboxylic acids is 1. The zero-order valence-corrected chi connectivity index (χ0v) is 28.0. The Morgan fingerprint density at radius 2 is 2.06 bits per heavy atom. The number of alkyl halides is 4. The maximum atomic E-state index is 17.2. The number of thiophene rings is 1. The van der Waals surface area contributed by atoms with Crippen molar-refractivity contribution in [3.05, 3.63) is 41.0 Å². The van der Waals surface area contributed by atoms with Gasteiger partial charge in [-0.05, 0) is 50.4 Å². The van der Waals surface area contributed by atoms with Crippen molar-refractivity contribution in [3.8, 4) is 23.2 Å². The number of amides is 1. The number of fused-ring (bicyclic) bond motifs is 4. The summed E-state index contributed by atoms with van der Waals surface area (Å²) in [5.74, 6) is -2.25. The number of aromatic nitrogens is 2. The lowest BCUT2D eigenvalue weighted by atomic mass is 9.92. The number of ether oxygens (including phenoxy) is 2. The molecule has 2 aromatic heterocycles. The molecule has 4 aliphatic heterocycles. The second kappa shape index (κ2) is 12.0. The quantitative estimate of drug-likeness (QED) is 0.209. The van der Waals surface area contributed by atoms with E-state index in [-0.39, 0.29) is 88.7 Å². The van der Waals surface area contributed by atoms with E-state index in [0.717, 1.165) is 24.6 Å². The van der Waals surface area contributed by atoms with Crippen LogP contribution in [0.3, 0.4) is 0 Å². The van der Waals surface area contributed by atoms with Crippen LogP contribution in [0.15, 0.2) is 18.2 Å². The standard InChI is InChI=1S/C34H31F6N7O3S/c1-2-46(17-8-18-14-49-32(48)47(18)13-17)30-20-9-22(34(38,39)40)25(19-4-5-23(36)28-24(19)21(11-41)29(42)51-28)26(37)27(20)43-31(44-30)50-15-33-6-3-7-45(33)12-16(35)10-33/h4-5,9,16-18H,2-3,6-8,10,12-15,42H2,1H3/t16-,17+,18+,33+/m1/s1. The minimum atomic E-state index is -5.13. The van der Waals surface area contributed by atoms with E-state index in [4.69, 9.17) is 15.2 Å². The Labute approximate surface area is 291 Å². The zero-order valence-electron chi connectivity index (χ0n) is 27.2. The van der Waals surface area contributed by atoms with E-state index in [1.54, 1.807) is 16.7 Å². The molecule has 8 rings (SSSR count). The van der Waals surface area contributed by atoms with Crippen LogP contribution in [-0.2, 0) is 10.9 Å². The minimum Gasteiger partial charge on any atom is -0.461 e. The summed E-state index contributed by atoms with van der Waals surface area (Å²) in [5, 5.41) is 9.21. The van der Waals surface area contributed by atoms with Gasteiger partial charge in [0.05, 0.1) is 33.4 Å². The van der Waals surface area contributed by atoms with E-state index in [1.807, 2.05) is 11.0 Å². The number of hydrogen-bond acceptors (Lipinski definition) is 10. The fourth-order valence-electron chi connectivity index (χ4n) is 8.45. The van der Waals surface area contributed by atoms with E-state index in [2.05, 4.69) is 9.97 Å². The van der Waals surface area contributed by atoms with E-state index < -0.39 is 58.3 Å². The largest absolute Gasteiger partial charge is 0.461 e. The van der Waals surface area contributed by atoms with E-state index in [0.29, 0.717) is 30.7 Å². The molecule has 51 heavy (non-hydrogen) atoms. The van der Waals surface area contributed by atoms with Gasteiger partial charge in [0.1, 0.15) is 47.6 Å². The van der Waals surface area contributed by atoms with Gasteiger partial charge in [-0.1, -0.05) is 6.07 Å². The lowest BCUT2D eigenvalue weighted by Crippen LogP contribution is -2.43. The van der Waals surface area contributed by atoms with Crippen molar-refractivity contribution in [3.63, 3.8) is 0 Å². The Morgan fingerprint density at radius 3 is 2.78 bits per heavy atom. The Morgan fingerprint density at radius 1 is 1.25 bits per heavy atom.